The largest absolute Gasteiger partial charge is 0.465 e. The summed E-state index contributed by atoms with van der Waals surface area (Å²) < 4.78 is 4.74. The molecule has 3 aromatic rings. The molecule has 3 rings (SSSR count). The number of rotatable bonds is 6. The molecule has 1 aromatic heterocycles. The fourth-order valence-electron chi connectivity index (χ4n) is 2.43. The lowest BCUT2D eigenvalue weighted by Crippen LogP contribution is -2.03. The van der Waals surface area contributed by atoms with Crippen molar-refractivity contribution >= 4 is 29.1 Å². The molecule has 0 atom stereocenters. The summed E-state index contributed by atoms with van der Waals surface area (Å²) in [4.78, 5) is 20.3. The lowest BCUT2D eigenvalue weighted by Gasteiger charge is -2.09. The zero-order valence-corrected chi connectivity index (χ0v) is 14.7. The van der Waals surface area contributed by atoms with Crippen LogP contribution in [0.25, 0.3) is 0 Å². The van der Waals surface area contributed by atoms with E-state index in [4.69, 9.17) is 4.74 Å². The van der Waals surface area contributed by atoms with Crippen LogP contribution in [-0.2, 0) is 11.2 Å². The Kier molecular flexibility index (Phi) is 5.43. The minimum atomic E-state index is -0.388. The van der Waals surface area contributed by atoms with Crippen LogP contribution in [0.3, 0.4) is 0 Å². The number of methoxy groups -OCH3 is 1. The van der Waals surface area contributed by atoms with Gasteiger partial charge in [-0.3, -0.25) is 0 Å². The Morgan fingerprint density at radius 1 is 1.04 bits per heavy atom. The van der Waals surface area contributed by atoms with Crippen LogP contribution in [0.5, 0.6) is 0 Å². The van der Waals surface area contributed by atoms with Crippen LogP contribution >= 0.6 is 0 Å². The van der Waals surface area contributed by atoms with Gasteiger partial charge in [-0.25, -0.2) is 9.78 Å². The van der Waals surface area contributed by atoms with Gasteiger partial charge in [0.25, 0.3) is 0 Å². The Hall–Kier alpha value is -3.41. The first-order valence-corrected chi connectivity index (χ1v) is 8.32. The first-order chi connectivity index (χ1) is 12.7. The highest BCUT2D eigenvalue weighted by Gasteiger charge is 2.07. The van der Waals surface area contributed by atoms with Gasteiger partial charge in [0.2, 0.25) is 5.95 Å². The number of nitrogens with zero attached hydrogens (tertiary/aromatic N) is 2. The van der Waals surface area contributed by atoms with Gasteiger partial charge < -0.3 is 15.4 Å². The maximum atomic E-state index is 11.6. The summed E-state index contributed by atoms with van der Waals surface area (Å²) >= 11 is 0. The zero-order chi connectivity index (χ0) is 18.4. The molecule has 26 heavy (non-hydrogen) atoms. The third-order valence-electron chi connectivity index (χ3n) is 3.83. The van der Waals surface area contributed by atoms with E-state index >= 15 is 0 Å². The average Bonchev–Trinajstić information content (AvgIpc) is 2.68. The number of carbonyl (C=O) groups is 1. The standard InChI is InChI=1S/C20H20N4O2/c1-3-14-7-9-16(10-8-14)22-18-11-12-21-20(24-18)23-17-6-4-5-15(13-17)19(25)26-2/h4-13H,3H2,1-2H3,(H2,21,22,23,24). The normalized spacial score (nSPS) is 10.2. The van der Waals surface area contributed by atoms with E-state index in [1.54, 1.807) is 30.5 Å². The van der Waals surface area contributed by atoms with Crippen LogP contribution in [0.1, 0.15) is 22.8 Å². The highest BCUT2D eigenvalue weighted by Crippen LogP contribution is 2.19. The molecule has 0 aliphatic carbocycles. The molecule has 2 N–H and O–H groups in total. The van der Waals surface area contributed by atoms with Gasteiger partial charge in [0, 0.05) is 17.6 Å². The van der Waals surface area contributed by atoms with Crippen molar-refractivity contribution in [2.24, 2.45) is 0 Å². The first kappa shape index (κ1) is 17.4. The Morgan fingerprint density at radius 3 is 2.58 bits per heavy atom. The van der Waals surface area contributed by atoms with Gasteiger partial charge in [-0.2, -0.15) is 4.98 Å². The number of nitrogens with one attached hydrogen (secondary N) is 2. The Morgan fingerprint density at radius 2 is 1.85 bits per heavy atom. The molecule has 0 radical (unpaired) electrons. The van der Waals surface area contributed by atoms with Gasteiger partial charge in [0.05, 0.1) is 12.7 Å². The molecule has 0 bridgehead atoms. The number of carbonyl (C=O) groups excluding carboxylic acids is 1. The van der Waals surface area contributed by atoms with Crippen LogP contribution in [0.2, 0.25) is 0 Å². The number of aromatic nitrogens is 2. The predicted octanol–water partition coefficient (Wildman–Crippen LogP) is 4.31. The highest BCUT2D eigenvalue weighted by atomic mass is 16.5. The molecule has 0 aliphatic heterocycles. The first-order valence-electron chi connectivity index (χ1n) is 8.32. The summed E-state index contributed by atoms with van der Waals surface area (Å²) in [6, 6.07) is 17.0. The summed E-state index contributed by atoms with van der Waals surface area (Å²) in [6.07, 6.45) is 2.68. The number of hydrogen-bond acceptors (Lipinski definition) is 6. The summed E-state index contributed by atoms with van der Waals surface area (Å²) in [7, 11) is 1.35. The molecular formula is C20H20N4O2. The lowest BCUT2D eigenvalue weighted by atomic mass is 10.1. The molecule has 1 heterocycles. The maximum absolute atomic E-state index is 11.6. The molecule has 0 fully saturated rings. The SMILES string of the molecule is CCc1ccc(Nc2ccnc(Nc3cccc(C(=O)OC)c3)n2)cc1. The minimum Gasteiger partial charge on any atom is -0.465 e. The molecule has 6 heteroatoms. The van der Waals surface area contributed by atoms with Gasteiger partial charge >= 0.3 is 5.97 Å². The highest BCUT2D eigenvalue weighted by molar-refractivity contribution is 5.90. The molecule has 132 valence electrons. The second kappa shape index (κ2) is 8.11. The summed E-state index contributed by atoms with van der Waals surface area (Å²) in [6.45, 7) is 2.12. The van der Waals surface area contributed by atoms with E-state index < -0.39 is 0 Å². The fourth-order valence-corrected chi connectivity index (χ4v) is 2.43. The average molecular weight is 348 g/mol. The molecule has 0 saturated carbocycles. The lowest BCUT2D eigenvalue weighted by molar-refractivity contribution is 0.0601. The van der Waals surface area contributed by atoms with Gasteiger partial charge in [-0.1, -0.05) is 25.1 Å². The smallest absolute Gasteiger partial charge is 0.337 e. The van der Waals surface area contributed by atoms with E-state index in [1.165, 1.54) is 12.7 Å². The van der Waals surface area contributed by atoms with E-state index in [1.807, 2.05) is 18.2 Å². The predicted molar refractivity (Wildman–Crippen MR) is 102 cm³/mol. The van der Waals surface area contributed by atoms with Crippen molar-refractivity contribution in [1.29, 1.82) is 0 Å². The molecule has 0 saturated heterocycles. The van der Waals surface area contributed by atoms with E-state index in [9.17, 15) is 4.79 Å². The van der Waals surface area contributed by atoms with E-state index in [0.29, 0.717) is 23.0 Å². The third-order valence-corrected chi connectivity index (χ3v) is 3.83. The van der Waals surface area contributed by atoms with Crippen LogP contribution in [0, 0.1) is 0 Å². The fraction of sp³-hybridized carbons (Fsp3) is 0.150. The molecule has 0 spiro atoms. The van der Waals surface area contributed by atoms with Crippen molar-refractivity contribution in [2.75, 3.05) is 17.7 Å². The van der Waals surface area contributed by atoms with Gasteiger partial charge in [-0.05, 0) is 48.4 Å². The molecule has 0 aliphatic rings. The quantitative estimate of drug-likeness (QED) is 0.646. The monoisotopic (exact) mass is 348 g/mol. The Balaban J connectivity index is 1.73. The number of aryl methyl sites for hydroxylation is 1. The van der Waals surface area contributed by atoms with E-state index in [0.717, 1.165) is 12.1 Å². The molecule has 0 amide bonds. The topological polar surface area (TPSA) is 76.1 Å². The molecule has 6 nitrogen and oxygen atoms in total. The number of anilines is 4. The molecular weight excluding hydrogens is 328 g/mol. The van der Waals surface area contributed by atoms with Crippen molar-refractivity contribution < 1.29 is 9.53 Å². The van der Waals surface area contributed by atoms with Crippen molar-refractivity contribution in [3.05, 3.63) is 71.9 Å². The summed E-state index contributed by atoms with van der Waals surface area (Å²) in [5.41, 5.74) is 3.41. The summed E-state index contributed by atoms with van der Waals surface area (Å²) in [5, 5.41) is 6.35. The van der Waals surface area contributed by atoms with Crippen molar-refractivity contribution in [2.45, 2.75) is 13.3 Å². The number of benzene rings is 2. The molecule has 0 unspecified atom stereocenters. The van der Waals surface area contributed by atoms with Crippen molar-refractivity contribution in [1.82, 2.24) is 9.97 Å². The van der Waals surface area contributed by atoms with E-state index in [2.05, 4.69) is 39.7 Å². The van der Waals surface area contributed by atoms with Crippen molar-refractivity contribution in [3.8, 4) is 0 Å². The maximum Gasteiger partial charge on any atom is 0.337 e. The van der Waals surface area contributed by atoms with Crippen LogP contribution < -0.4 is 10.6 Å². The number of hydrogen-bond donors (Lipinski definition) is 2. The third kappa shape index (κ3) is 4.36. The van der Waals surface area contributed by atoms with Gasteiger partial charge in [-0.15, -0.1) is 0 Å². The number of esters is 1. The van der Waals surface area contributed by atoms with E-state index in [-0.39, 0.29) is 5.97 Å². The molecule has 2 aromatic carbocycles. The number of ether oxygens (including phenoxy) is 1. The van der Waals surface area contributed by atoms with Gasteiger partial charge in [0.15, 0.2) is 0 Å². The van der Waals surface area contributed by atoms with Crippen molar-refractivity contribution in [3.63, 3.8) is 0 Å². The van der Waals surface area contributed by atoms with Crippen LogP contribution in [0.4, 0.5) is 23.1 Å². The van der Waals surface area contributed by atoms with Crippen LogP contribution in [-0.4, -0.2) is 23.0 Å². The summed E-state index contributed by atoms with van der Waals surface area (Å²) in [5.74, 6) is 0.721. The van der Waals surface area contributed by atoms with Crippen LogP contribution in [0.15, 0.2) is 60.8 Å². The zero-order valence-electron chi connectivity index (χ0n) is 14.7. The Bertz CT molecular complexity index is 894. The van der Waals surface area contributed by atoms with Gasteiger partial charge in [0.1, 0.15) is 5.82 Å². The second-order valence-corrected chi connectivity index (χ2v) is 5.64. The Labute approximate surface area is 152 Å². The second-order valence-electron chi connectivity index (χ2n) is 5.64. The minimum absolute atomic E-state index is 0.388.